The number of rotatable bonds is 6. The first-order valence-corrected chi connectivity index (χ1v) is 16.6. The highest BCUT2D eigenvalue weighted by molar-refractivity contribution is 5.98. The summed E-state index contributed by atoms with van der Waals surface area (Å²) in [5.74, 6) is 1.17. The van der Waals surface area contributed by atoms with Crippen LogP contribution < -0.4 is 15.6 Å². The molecule has 1 aliphatic heterocycles. The molecule has 5 rings (SSSR count). The van der Waals surface area contributed by atoms with Gasteiger partial charge in [-0.25, -0.2) is 19.1 Å². The zero-order valence-corrected chi connectivity index (χ0v) is 29.1. The van der Waals surface area contributed by atoms with Crippen LogP contribution in [0.5, 0.6) is 5.75 Å². The van der Waals surface area contributed by atoms with E-state index in [9.17, 15) is 19.2 Å². The summed E-state index contributed by atoms with van der Waals surface area (Å²) in [6.07, 6.45) is 2.94. The van der Waals surface area contributed by atoms with Crippen molar-refractivity contribution in [2.45, 2.75) is 104 Å². The number of amides is 3. The summed E-state index contributed by atoms with van der Waals surface area (Å²) < 4.78 is 18.7. The molecule has 2 aromatic heterocycles. The highest BCUT2D eigenvalue weighted by Crippen LogP contribution is 2.35. The number of nitrogens with zero attached hydrogens (tertiary/aromatic N) is 5. The van der Waals surface area contributed by atoms with Crippen molar-refractivity contribution in [2.75, 3.05) is 31.6 Å². The number of fused-ring (bicyclic) bond motifs is 1. The first-order valence-electron chi connectivity index (χ1n) is 16.6. The second-order valence-electron chi connectivity index (χ2n) is 14.3. The average molecular weight is 666 g/mol. The third kappa shape index (κ3) is 7.74. The van der Waals surface area contributed by atoms with Crippen molar-refractivity contribution in [3.63, 3.8) is 0 Å². The van der Waals surface area contributed by atoms with Crippen LogP contribution >= 0.6 is 0 Å². The van der Waals surface area contributed by atoms with Gasteiger partial charge in [-0.2, -0.15) is 0 Å². The van der Waals surface area contributed by atoms with Gasteiger partial charge in [0.05, 0.1) is 24.4 Å². The van der Waals surface area contributed by atoms with Crippen molar-refractivity contribution in [2.24, 2.45) is 0 Å². The quantitative estimate of drug-likeness (QED) is 0.359. The molecule has 0 bridgehead atoms. The molecular weight excluding hydrogens is 618 g/mol. The van der Waals surface area contributed by atoms with E-state index in [1.54, 1.807) is 64.3 Å². The van der Waals surface area contributed by atoms with Crippen LogP contribution in [-0.2, 0) is 14.3 Å². The molecule has 1 atom stereocenters. The van der Waals surface area contributed by atoms with Gasteiger partial charge in [0.1, 0.15) is 28.8 Å². The van der Waals surface area contributed by atoms with Crippen LogP contribution in [0.3, 0.4) is 0 Å². The van der Waals surface area contributed by atoms with Crippen LogP contribution in [0.15, 0.2) is 23.0 Å². The van der Waals surface area contributed by atoms with Gasteiger partial charge < -0.3 is 29.4 Å². The molecule has 1 aromatic carbocycles. The Labute approximate surface area is 280 Å². The molecule has 14 nitrogen and oxygen atoms in total. The normalized spacial score (nSPS) is 17.5. The summed E-state index contributed by atoms with van der Waals surface area (Å²) in [5, 5.41) is 7.73. The van der Waals surface area contributed by atoms with Crippen molar-refractivity contribution in [3.8, 4) is 17.1 Å². The number of hydrogen-bond acceptors (Lipinski definition) is 9. The molecule has 1 saturated heterocycles. The second kappa shape index (κ2) is 13.5. The van der Waals surface area contributed by atoms with Gasteiger partial charge in [0.25, 0.3) is 5.56 Å². The molecule has 260 valence electrons. The summed E-state index contributed by atoms with van der Waals surface area (Å²) in [4.78, 5) is 63.8. The number of carbonyl (C=O) groups is 3. The Morgan fingerprint density at radius 2 is 1.67 bits per heavy atom. The number of carbonyl (C=O) groups excluding carboxylic acids is 3. The van der Waals surface area contributed by atoms with Gasteiger partial charge in [0.15, 0.2) is 11.3 Å². The van der Waals surface area contributed by atoms with Gasteiger partial charge in [-0.05, 0) is 86.4 Å². The number of nitrogens with one attached hydrogen (secondary N) is 2. The van der Waals surface area contributed by atoms with E-state index in [4.69, 9.17) is 24.3 Å². The highest BCUT2D eigenvalue weighted by atomic mass is 16.6. The van der Waals surface area contributed by atoms with E-state index in [0.29, 0.717) is 34.8 Å². The molecule has 1 aliphatic carbocycles. The molecule has 3 aromatic rings. The van der Waals surface area contributed by atoms with E-state index >= 15 is 0 Å². The van der Waals surface area contributed by atoms with Gasteiger partial charge in [-0.1, -0.05) is 12.8 Å². The van der Waals surface area contributed by atoms with E-state index in [1.165, 1.54) is 9.80 Å². The molecule has 14 heteroatoms. The van der Waals surface area contributed by atoms with Crippen molar-refractivity contribution in [1.82, 2.24) is 29.4 Å². The summed E-state index contributed by atoms with van der Waals surface area (Å²) >= 11 is 0. The van der Waals surface area contributed by atoms with E-state index in [-0.39, 0.29) is 36.9 Å². The fourth-order valence-electron chi connectivity index (χ4n) is 6.10. The van der Waals surface area contributed by atoms with Crippen LogP contribution in [0.4, 0.5) is 15.3 Å². The molecule has 3 amide bonds. The highest BCUT2D eigenvalue weighted by Gasteiger charge is 2.40. The maximum absolute atomic E-state index is 13.9. The SMILES string of the molecule is CCOc1ccc(NC(=O)C2CN(C(=O)OC(C)(C)C)CCN2C(=O)OC(C)(C)C)cc1-c1nn2c(C3CCCC3)nc(C)c2c(=O)[nH]1. The summed E-state index contributed by atoms with van der Waals surface area (Å²) in [5.41, 5.74) is -0.00787. The number of piperazine rings is 1. The zero-order valence-electron chi connectivity index (χ0n) is 29.1. The molecule has 0 spiro atoms. The van der Waals surface area contributed by atoms with E-state index in [1.807, 2.05) is 13.8 Å². The predicted octanol–water partition coefficient (Wildman–Crippen LogP) is 5.24. The number of aryl methyl sites for hydroxylation is 1. The topological polar surface area (TPSA) is 160 Å². The van der Waals surface area contributed by atoms with Crippen LogP contribution in [-0.4, -0.2) is 91.0 Å². The Morgan fingerprint density at radius 1 is 1.00 bits per heavy atom. The standard InChI is InChI=1S/C34H47N7O7/c1-9-46-25-15-14-22(18-23(25)27-37-30(43)26-20(2)35-28(41(26)38-27)21-12-10-11-13-21)36-29(42)24-19-39(31(44)47-33(3,4)5)16-17-40(24)32(45)48-34(6,7)8/h14-15,18,21,24H,9-13,16-17,19H2,1-8H3,(H,36,42)(H,37,38,43). The van der Waals surface area contributed by atoms with Crippen LogP contribution in [0, 0.1) is 6.92 Å². The van der Waals surface area contributed by atoms with Gasteiger partial charge in [0, 0.05) is 24.7 Å². The lowest BCUT2D eigenvalue weighted by Gasteiger charge is -2.41. The van der Waals surface area contributed by atoms with Crippen LogP contribution in [0.2, 0.25) is 0 Å². The van der Waals surface area contributed by atoms with Crippen LogP contribution in [0.25, 0.3) is 16.9 Å². The maximum Gasteiger partial charge on any atom is 0.411 e. The zero-order chi connectivity index (χ0) is 35.0. The van der Waals surface area contributed by atoms with E-state index in [0.717, 1.165) is 31.5 Å². The largest absolute Gasteiger partial charge is 0.493 e. The fraction of sp³-hybridized carbons (Fsp3) is 0.588. The van der Waals surface area contributed by atoms with Gasteiger partial charge in [-0.15, -0.1) is 5.10 Å². The number of imidazole rings is 1. The third-order valence-corrected chi connectivity index (χ3v) is 8.19. The van der Waals surface area contributed by atoms with Crippen molar-refractivity contribution in [3.05, 3.63) is 40.1 Å². The number of anilines is 1. The summed E-state index contributed by atoms with van der Waals surface area (Å²) in [6, 6.07) is 3.95. The lowest BCUT2D eigenvalue weighted by atomic mass is 10.1. The predicted molar refractivity (Wildman–Crippen MR) is 179 cm³/mol. The van der Waals surface area contributed by atoms with Crippen molar-refractivity contribution >= 4 is 29.3 Å². The van der Waals surface area contributed by atoms with Crippen molar-refractivity contribution in [1.29, 1.82) is 0 Å². The molecule has 2 aliphatic rings. The average Bonchev–Trinajstić information content (AvgIpc) is 3.64. The van der Waals surface area contributed by atoms with Gasteiger partial charge in [0.2, 0.25) is 5.91 Å². The number of H-pyrrole nitrogens is 1. The molecule has 0 radical (unpaired) electrons. The summed E-state index contributed by atoms with van der Waals surface area (Å²) in [7, 11) is 0. The molecule has 2 fully saturated rings. The number of hydrogen-bond donors (Lipinski definition) is 2. The maximum atomic E-state index is 13.9. The summed E-state index contributed by atoms with van der Waals surface area (Å²) in [6.45, 7) is 14.7. The molecule has 1 saturated carbocycles. The molecule has 3 heterocycles. The minimum absolute atomic E-state index is 0.0690. The van der Waals surface area contributed by atoms with Crippen molar-refractivity contribution < 1.29 is 28.6 Å². The Morgan fingerprint density at radius 3 is 2.31 bits per heavy atom. The fourth-order valence-corrected chi connectivity index (χ4v) is 6.10. The number of aromatic nitrogens is 4. The van der Waals surface area contributed by atoms with Gasteiger partial charge >= 0.3 is 12.2 Å². The third-order valence-electron chi connectivity index (χ3n) is 8.19. The second-order valence-corrected chi connectivity index (χ2v) is 14.3. The molecule has 48 heavy (non-hydrogen) atoms. The Kier molecular flexibility index (Phi) is 9.74. The lowest BCUT2D eigenvalue weighted by molar-refractivity contribution is -0.123. The Hall–Kier alpha value is -4.62. The number of aromatic amines is 1. The molecule has 1 unspecified atom stereocenters. The molecule has 2 N–H and O–H groups in total. The Bertz CT molecular complexity index is 1740. The molecular formula is C34H47N7O7. The first kappa shape index (κ1) is 34.7. The smallest absolute Gasteiger partial charge is 0.411 e. The number of benzene rings is 1. The lowest BCUT2D eigenvalue weighted by Crippen LogP contribution is -2.61. The number of ether oxygens (including phenoxy) is 3. The minimum atomic E-state index is -1.08. The Balaban J connectivity index is 1.48. The minimum Gasteiger partial charge on any atom is -0.493 e. The first-order chi connectivity index (χ1) is 22.5. The van der Waals surface area contributed by atoms with E-state index in [2.05, 4.69) is 10.3 Å². The van der Waals surface area contributed by atoms with Gasteiger partial charge in [-0.3, -0.25) is 14.5 Å². The van der Waals surface area contributed by atoms with Crippen LogP contribution in [0.1, 0.15) is 91.6 Å². The monoisotopic (exact) mass is 665 g/mol. The van der Waals surface area contributed by atoms with E-state index < -0.39 is 35.3 Å².